The van der Waals surface area contributed by atoms with Crippen LogP contribution in [0.15, 0.2) is 11.8 Å². The molecule has 1 heteroatoms. The molecule has 0 rings (SSSR count). The van der Waals surface area contributed by atoms with Gasteiger partial charge in [-0.05, 0) is 25.3 Å². The van der Waals surface area contributed by atoms with E-state index in [1.54, 1.807) is 6.92 Å². The molecule has 0 saturated heterocycles. The first kappa shape index (κ1) is 7.54. The molecule has 0 aromatic rings. The van der Waals surface area contributed by atoms with Gasteiger partial charge in [-0.2, -0.15) is 0 Å². The minimum absolute atomic E-state index is 0.430. The van der Waals surface area contributed by atoms with Crippen LogP contribution in [0.5, 0.6) is 0 Å². The van der Waals surface area contributed by atoms with Crippen LogP contribution in [0.3, 0.4) is 0 Å². The Hall–Kier alpha value is -0.460. The highest BCUT2D eigenvalue weighted by Gasteiger charge is 1.91. The molecule has 0 aromatic heterocycles. The highest BCUT2D eigenvalue weighted by molar-refractivity contribution is 4.89. The summed E-state index contributed by atoms with van der Waals surface area (Å²) in [5.41, 5.74) is 0. The molecule has 1 N–H and O–H groups in total. The summed E-state index contributed by atoms with van der Waals surface area (Å²) in [5, 5.41) is 8.72. The standard InChI is InChI=1S/C7H14O/c1-4-6(2)5-7(3)8/h5-6,8H,4H2,1-3H3. The molecular weight excluding hydrogens is 100 g/mol. The summed E-state index contributed by atoms with van der Waals surface area (Å²) >= 11 is 0. The van der Waals surface area contributed by atoms with E-state index in [1.165, 1.54) is 0 Å². The predicted octanol–water partition coefficient (Wildman–Crippen LogP) is 2.49. The maximum atomic E-state index is 8.72. The summed E-state index contributed by atoms with van der Waals surface area (Å²) in [6, 6.07) is 0. The monoisotopic (exact) mass is 114 g/mol. The first-order valence-corrected chi connectivity index (χ1v) is 3.04. The fourth-order valence-corrected chi connectivity index (χ4v) is 0.530. The van der Waals surface area contributed by atoms with Gasteiger partial charge in [0.2, 0.25) is 0 Å². The highest BCUT2D eigenvalue weighted by atomic mass is 16.3. The Morgan fingerprint density at radius 2 is 2.25 bits per heavy atom. The first-order valence-electron chi connectivity index (χ1n) is 3.04. The third-order valence-electron chi connectivity index (χ3n) is 1.17. The van der Waals surface area contributed by atoms with Crippen LogP contribution >= 0.6 is 0 Å². The van der Waals surface area contributed by atoms with E-state index in [-0.39, 0.29) is 0 Å². The summed E-state index contributed by atoms with van der Waals surface area (Å²) in [4.78, 5) is 0. The van der Waals surface area contributed by atoms with Crippen molar-refractivity contribution in [3.8, 4) is 0 Å². The molecule has 1 unspecified atom stereocenters. The van der Waals surface area contributed by atoms with Crippen molar-refractivity contribution in [2.45, 2.75) is 27.2 Å². The third-order valence-corrected chi connectivity index (χ3v) is 1.17. The van der Waals surface area contributed by atoms with Crippen molar-refractivity contribution in [1.29, 1.82) is 0 Å². The zero-order valence-electron chi connectivity index (χ0n) is 5.81. The summed E-state index contributed by atoms with van der Waals surface area (Å²) in [6.45, 7) is 5.88. The van der Waals surface area contributed by atoms with Crippen molar-refractivity contribution in [1.82, 2.24) is 0 Å². The molecule has 0 spiro atoms. The number of allylic oxidation sites excluding steroid dienone is 2. The Labute approximate surface area is 51.0 Å². The third kappa shape index (κ3) is 3.72. The Morgan fingerprint density at radius 1 is 1.75 bits per heavy atom. The Bertz CT molecular complexity index is 80.4. The minimum atomic E-state index is 0.430. The SMILES string of the molecule is CCC(C)C=C(C)O. The molecule has 0 aliphatic rings. The lowest BCUT2D eigenvalue weighted by Gasteiger charge is -1.98. The van der Waals surface area contributed by atoms with E-state index in [1.807, 2.05) is 6.08 Å². The molecule has 0 aliphatic heterocycles. The van der Waals surface area contributed by atoms with Gasteiger partial charge in [-0.3, -0.25) is 0 Å². The van der Waals surface area contributed by atoms with Crippen molar-refractivity contribution in [2.24, 2.45) is 5.92 Å². The van der Waals surface area contributed by atoms with Gasteiger partial charge in [0.1, 0.15) is 0 Å². The van der Waals surface area contributed by atoms with E-state index in [2.05, 4.69) is 13.8 Å². The number of aliphatic hydroxyl groups excluding tert-OH is 1. The molecule has 0 saturated carbocycles. The van der Waals surface area contributed by atoms with Gasteiger partial charge in [-0.1, -0.05) is 13.8 Å². The van der Waals surface area contributed by atoms with Gasteiger partial charge in [-0.25, -0.2) is 0 Å². The van der Waals surface area contributed by atoms with Gasteiger partial charge in [-0.15, -0.1) is 0 Å². The molecule has 1 nitrogen and oxygen atoms in total. The Kier molecular flexibility index (Phi) is 3.33. The summed E-state index contributed by atoms with van der Waals surface area (Å²) in [6.07, 6.45) is 2.96. The second-order valence-electron chi connectivity index (χ2n) is 2.19. The average molecular weight is 114 g/mol. The van der Waals surface area contributed by atoms with E-state index >= 15 is 0 Å². The molecule has 0 aromatic carbocycles. The fraction of sp³-hybridized carbons (Fsp3) is 0.714. The maximum absolute atomic E-state index is 8.72. The van der Waals surface area contributed by atoms with Gasteiger partial charge in [0.05, 0.1) is 5.76 Å². The lowest BCUT2D eigenvalue weighted by molar-refractivity contribution is 0.405. The second-order valence-corrected chi connectivity index (χ2v) is 2.19. The number of hydrogen-bond donors (Lipinski definition) is 1. The molecule has 0 heterocycles. The number of rotatable bonds is 2. The summed E-state index contributed by atoms with van der Waals surface area (Å²) in [5.74, 6) is 0.944. The van der Waals surface area contributed by atoms with E-state index in [4.69, 9.17) is 5.11 Å². The van der Waals surface area contributed by atoms with Gasteiger partial charge in [0, 0.05) is 0 Å². The largest absolute Gasteiger partial charge is 0.513 e. The smallest absolute Gasteiger partial charge is 0.0854 e. The first-order chi connectivity index (χ1) is 3.66. The lowest BCUT2D eigenvalue weighted by atomic mass is 10.1. The van der Waals surface area contributed by atoms with Crippen molar-refractivity contribution < 1.29 is 5.11 Å². The zero-order valence-corrected chi connectivity index (χ0v) is 5.81. The van der Waals surface area contributed by atoms with Gasteiger partial charge in [0.25, 0.3) is 0 Å². The van der Waals surface area contributed by atoms with Crippen LogP contribution in [0.1, 0.15) is 27.2 Å². The normalized spacial score (nSPS) is 16.1. The van der Waals surface area contributed by atoms with E-state index in [9.17, 15) is 0 Å². The molecule has 48 valence electrons. The van der Waals surface area contributed by atoms with Crippen molar-refractivity contribution in [3.05, 3.63) is 11.8 Å². The van der Waals surface area contributed by atoms with Crippen molar-refractivity contribution in [3.63, 3.8) is 0 Å². The molecule has 0 amide bonds. The molecule has 0 bridgehead atoms. The van der Waals surface area contributed by atoms with Crippen molar-refractivity contribution in [2.75, 3.05) is 0 Å². The van der Waals surface area contributed by atoms with Crippen LogP contribution in [-0.2, 0) is 0 Å². The molecule has 0 fully saturated rings. The van der Waals surface area contributed by atoms with E-state index in [0.29, 0.717) is 11.7 Å². The maximum Gasteiger partial charge on any atom is 0.0854 e. The Balaban J connectivity index is 3.51. The van der Waals surface area contributed by atoms with Crippen LogP contribution < -0.4 is 0 Å². The van der Waals surface area contributed by atoms with Gasteiger partial charge >= 0.3 is 0 Å². The molecule has 0 aliphatic carbocycles. The summed E-state index contributed by atoms with van der Waals surface area (Å²) < 4.78 is 0. The second kappa shape index (κ2) is 3.53. The van der Waals surface area contributed by atoms with Crippen LogP contribution in [0.2, 0.25) is 0 Å². The van der Waals surface area contributed by atoms with Gasteiger partial charge < -0.3 is 5.11 Å². The van der Waals surface area contributed by atoms with Crippen LogP contribution in [0, 0.1) is 5.92 Å². The highest BCUT2D eigenvalue weighted by Crippen LogP contribution is 2.03. The quantitative estimate of drug-likeness (QED) is 0.547. The van der Waals surface area contributed by atoms with Gasteiger partial charge in [0.15, 0.2) is 0 Å². The number of hydrogen-bond acceptors (Lipinski definition) is 1. The molecule has 1 atom stereocenters. The van der Waals surface area contributed by atoms with E-state index < -0.39 is 0 Å². The summed E-state index contributed by atoms with van der Waals surface area (Å²) in [7, 11) is 0. The average Bonchev–Trinajstić information content (AvgIpc) is 1.65. The molecule has 8 heavy (non-hydrogen) atoms. The topological polar surface area (TPSA) is 20.2 Å². The molecule has 0 radical (unpaired) electrons. The fourth-order valence-electron chi connectivity index (χ4n) is 0.530. The van der Waals surface area contributed by atoms with Crippen LogP contribution in [0.4, 0.5) is 0 Å². The van der Waals surface area contributed by atoms with E-state index in [0.717, 1.165) is 6.42 Å². The minimum Gasteiger partial charge on any atom is -0.513 e. The number of aliphatic hydroxyl groups is 1. The van der Waals surface area contributed by atoms with Crippen molar-refractivity contribution >= 4 is 0 Å². The zero-order chi connectivity index (χ0) is 6.57. The lowest BCUT2D eigenvalue weighted by Crippen LogP contribution is -1.86. The van der Waals surface area contributed by atoms with Crippen LogP contribution in [-0.4, -0.2) is 5.11 Å². The Morgan fingerprint density at radius 3 is 2.38 bits per heavy atom. The van der Waals surface area contributed by atoms with Crippen LogP contribution in [0.25, 0.3) is 0 Å². The predicted molar refractivity (Wildman–Crippen MR) is 35.8 cm³/mol. The molecular formula is C7H14O.